The predicted octanol–water partition coefficient (Wildman–Crippen LogP) is 2.76. The summed E-state index contributed by atoms with van der Waals surface area (Å²) in [5.41, 5.74) is 1.30. The number of halogens is 1. The Bertz CT molecular complexity index is 548. The Morgan fingerprint density at radius 1 is 1.38 bits per heavy atom. The van der Waals surface area contributed by atoms with Gasteiger partial charge in [0.15, 0.2) is 6.29 Å². The van der Waals surface area contributed by atoms with Crippen LogP contribution in [-0.2, 0) is 0 Å². The standard InChI is InChI=1S/C11H10BrNO3/c1-15-8-3-7(12)11(16-2)9-6(5-14)4-13-10(8)9/h3-5,13H,1-2H3. The number of benzene rings is 1. The summed E-state index contributed by atoms with van der Waals surface area (Å²) in [6, 6.07) is 1.80. The molecule has 0 saturated heterocycles. The molecule has 5 heteroatoms. The minimum absolute atomic E-state index is 0.548. The number of carbonyl (C=O) groups excluding carboxylic acids is 1. The van der Waals surface area contributed by atoms with Crippen molar-refractivity contribution in [3.63, 3.8) is 0 Å². The third kappa shape index (κ3) is 1.48. The van der Waals surface area contributed by atoms with Gasteiger partial charge < -0.3 is 14.5 Å². The highest BCUT2D eigenvalue weighted by atomic mass is 79.9. The van der Waals surface area contributed by atoms with Gasteiger partial charge in [0.05, 0.1) is 29.6 Å². The number of H-pyrrole nitrogens is 1. The number of aldehydes is 1. The maximum atomic E-state index is 10.9. The van der Waals surface area contributed by atoms with E-state index < -0.39 is 0 Å². The van der Waals surface area contributed by atoms with Crippen LogP contribution in [0.2, 0.25) is 0 Å². The highest BCUT2D eigenvalue weighted by molar-refractivity contribution is 9.10. The molecule has 2 rings (SSSR count). The van der Waals surface area contributed by atoms with Crippen LogP contribution < -0.4 is 9.47 Å². The second kappa shape index (κ2) is 4.17. The van der Waals surface area contributed by atoms with Crippen LogP contribution in [0.5, 0.6) is 11.5 Å². The second-order valence-corrected chi connectivity index (χ2v) is 4.06. The Hall–Kier alpha value is -1.49. The molecule has 1 aromatic heterocycles. The van der Waals surface area contributed by atoms with E-state index in [0.29, 0.717) is 17.1 Å². The zero-order valence-corrected chi connectivity index (χ0v) is 10.4. The molecule has 0 aliphatic carbocycles. The molecule has 1 N–H and O–H groups in total. The first-order chi connectivity index (χ1) is 7.72. The number of aromatic nitrogens is 1. The SMILES string of the molecule is COc1cc(Br)c(OC)c2c(C=O)c[nH]c12. The van der Waals surface area contributed by atoms with Gasteiger partial charge >= 0.3 is 0 Å². The monoisotopic (exact) mass is 283 g/mol. The average molecular weight is 284 g/mol. The van der Waals surface area contributed by atoms with E-state index >= 15 is 0 Å². The van der Waals surface area contributed by atoms with Crippen LogP contribution >= 0.6 is 15.9 Å². The smallest absolute Gasteiger partial charge is 0.152 e. The van der Waals surface area contributed by atoms with Crippen molar-refractivity contribution in [2.75, 3.05) is 14.2 Å². The van der Waals surface area contributed by atoms with Gasteiger partial charge in [-0.3, -0.25) is 4.79 Å². The molecule has 4 nitrogen and oxygen atoms in total. The topological polar surface area (TPSA) is 51.3 Å². The Balaban J connectivity index is 2.91. The fraction of sp³-hybridized carbons (Fsp3) is 0.182. The summed E-state index contributed by atoms with van der Waals surface area (Å²) < 4.78 is 11.3. The third-order valence-electron chi connectivity index (χ3n) is 2.41. The van der Waals surface area contributed by atoms with Crippen LogP contribution in [0.15, 0.2) is 16.7 Å². The number of hydrogen-bond acceptors (Lipinski definition) is 3. The lowest BCUT2D eigenvalue weighted by molar-refractivity contribution is 0.112. The Morgan fingerprint density at radius 2 is 2.12 bits per heavy atom. The van der Waals surface area contributed by atoms with Crippen LogP contribution in [0, 0.1) is 0 Å². The number of carbonyl (C=O) groups is 1. The molecule has 0 atom stereocenters. The maximum Gasteiger partial charge on any atom is 0.152 e. The van der Waals surface area contributed by atoms with E-state index in [-0.39, 0.29) is 0 Å². The number of methoxy groups -OCH3 is 2. The van der Waals surface area contributed by atoms with Crippen molar-refractivity contribution in [3.8, 4) is 11.5 Å². The van der Waals surface area contributed by atoms with Gasteiger partial charge in [-0.25, -0.2) is 0 Å². The molecule has 0 aliphatic rings. The molecular formula is C11H10BrNO3. The van der Waals surface area contributed by atoms with Crippen molar-refractivity contribution in [3.05, 3.63) is 22.3 Å². The molecule has 0 aliphatic heterocycles. The summed E-state index contributed by atoms with van der Waals surface area (Å²) in [4.78, 5) is 13.9. The van der Waals surface area contributed by atoms with Gasteiger partial charge in [-0.15, -0.1) is 0 Å². The molecule has 0 saturated carbocycles. The molecule has 0 fully saturated rings. The molecule has 0 spiro atoms. The highest BCUT2D eigenvalue weighted by Crippen LogP contribution is 2.40. The van der Waals surface area contributed by atoms with Crippen molar-refractivity contribution in [2.24, 2.45) is 0 Å². The van der Waals surface area contributed by atoms with E-state index in [1.807, 2.05) is 0 Å². The minimum Gasteiger partial charge on any atom is -0.495 e. The van der Waals surface area contributed by atoms with E-state index in [1.165, 1.54) is 0 Å². The van der Waals surface area contributed by atoms with Crippen LogP contribution in [0.25, 0.3) is 10.9 Å². The van der Waals surface area contributed by atoms with Gasteiger partial charge in [0.25, 0.3) is 0 Å². The lowest BCUT2D eigenvalue weighted by Gasteiger charge is -2.09. The number of aromatic amines is 1. The van der Waals surface area contributed by atoms with Gasteiger partial charge in [0.1, 0.15) is 11.5 Å². The van der Waals surface area contributed by atoms with E-state index in [4.69, 9.17) is 9.47 Å². The quantitative estimate of drug-likeness (QED) is 0.882. The van der Waals surface area contributed by atoms with E-state index in [9.17, 15) is 4.79 Å². The van der Waals surface area contributed by atoms with Crippen molar-refractivity contribution in [1.29, 1.82) is 0 Å². The Labute approximate surface area is 101 Å². The lowest BCUT2D eigenvalue weighted by Crippen LogP contribution is -1.91. The fourth-order valence-corrected chi connectivity index (χ4v) is 2.27. The van der Waals surface area contributed by atoms with Gasteiger partial charge in [-0.1, -0.05) is 0 Å². The highest BCUT2D eigenvalue weighted by Gasteiger charge is 2.16. The maximum absolute atomic E-state index is 10.9. The predicted molar refractivity (Wildman–Crippen MR) is 64.5 cm³/mol. The molecule has 1 heterocycles. The average Bonchev–Trinajstić information content (AvgIpc) is 2.71. The first-order valence-electron chi connectivity index (χ1n) is 4.59. The number of hydrogen-bond donors (Lipinski definition) is 1. The number of nitrogens with one attached hydrogen (secondary N) is 1. The summed E-state index contributed by atoms with van der Waals surface area (Å²) in [5, 5.41) is 0.726. The molecule has 0 unspecified atom stereocenters. The molecule has 1 aromatic carbocycles. The normalized spacial score (nSPS) is 10.4. The molecule has 2 aromatic rings. The summed E-state index contributed by atoms with van der Waals surface area (Å²) in [7, 11) is 3.14. The van der Waals surface area contributed by atoms with Gasteiger partial charge in [0, 0.05) is 17.8 Å². The van der Waals surface area contributed by atoms with Crippen molar-refractivity contribution >= 4 is 33.1 Å². The van der Waals surface area contributed by atoms with E-state index in [0.717, 1.165) is 21.7 Å². The summed E-state index contributed by atoms with van der Waals surface area (Å²) >= 11 is 3.38. The number of fused-ring (bicyclic) bond motifs is 1. The van der Waals surface area contributed by atoms with Crippen molar-refractivity contribution < 1.29 is 14.3 Å². The first kappa shape index (κ1) is 11.0. The molecule has 0 bridgehead atoms. The van der Waals surface area contributed by atoms with Gasteiger partial charge in [-0.2, -0.15) is 0 Å². The number of rotatable bonds is 3. The largest absolute Gasteiger partial charge is 0.495 e. The first-order valence-corrected chi connectivity index (χ1v) is 5.39. The minimum atomic E-state index is 0.548. The van der Waals surface area contributed by atoms with Crippen molar-refractivity contribution in [1.82, 2.24) is 4.98 Å². The third-order valence-corrected chi connectivity index (χ3v) is 3.00. The summed E-state index contributed by atoms with van der Waals surface area (Å²) in [5.74, 6) is 1.29. The molecule has 0 amide bonds. The Morgan fingerprint density at radius 3 is 2.69 bits per heavy atom. The van der Waals surface area contributed by atoms with Crippen LogP contribution in [-0.4, -0.2) is 25.5 Å². The number of ether oxygens (including phenoxy) is 2. The zero-order chi connectivity index (χ0) is 11.7. The molecule has 16 heavy (non-hydrogen) atoms. The van der Waals surface area contributed by atoms with Crippen LogP contribution in [0.4, 0.5) is 0 Å². The summed E-state index contributed by atoms with van der Waals surface area (Å²) in [6.07, 6.45) is 2.42. The van der Waals surface area contributed by atoms with E-state index in [2.05, 4.69) is 20.9 Å². The van der Waals surface area contributed by atoms with Gasteiger partial charge in [0.2, 0.25) is 0 Å². The van der Waals surface area contributed by atoms with Gasteiger partial charge in [-0.05, 0) is 15.9 Å². The lowest BCUT2D eigenvalue weighted by atomic mass is 10.1. The fourth-order valence-electron chi connectivity index (χ4n) is 1.70. The van der Waals surface area contributed by atoms with Crippen molar-refractivity contribution in [2.45, 2.75) is 0 Å². The Kier molecular flexibility index (Phi) is 2.87. The zero-order valence-electron chi connectivity index (χ0n) is 8.83. The molecule has 0 radical (unpaired) electrons. The van der Waals surface area contributed by atoms with E-state index in [1.54, 1.807) is 26.5 Å². The summed E-state index contributed by atoms with van der Waals surface area (Å²) in [6.45, 7) is 0. The molecule has 84 valence electrons. The van der Waals surface area contributed by atoms with Crippen LogP contribution in [0.3, 0.4) is 0 Å². The molecular weight excluding hydrogens is 274 g/mol. The second-order valence-electron chi connectivity index (χ2n) is 3.21. The van der Waals surface area contributed by atoms with Crippen LogP contribution in [0.1, 0.15) is 10.4 Å².